The van der Waals surface area contributed by atoms with E-state index in [0.717, 1.165) is 12.3 Å². The van der Waals surface area contributed by atoms with Crippen molar-refractivity contribution in [2.24, 2.45) is 0 Å². The van der Waals surface area contributed by atoms with Gasteiger partial charge in [0, 0.05) is 36.1 Å². The Hall–Kier alpha value is -3.68. The number of aryl methyl sites for hydroxylation is 1. The molecule has 0 saturated heterocycles. The predicted octanol–water partition coefficient (Wildman–Crippen LogP) is 4.29. The molecule has 0 bridgehead atoms. The molecule has 1 atom stereocenters. The van der Waals surface area contributed by atoms with Crippen LogP contribution in [0.4, 0.5) is 26.3 Å². The summed E-state index contributed by atoms with van der Waals surface area (Å²) in [5.41, 5.74) is 0.759. The van der Waals surface area contributed by atoms with Gasteiger partial charge in [0.2, 0.25) is 5.88 Å². The highest BCUT2D eigenvalue weighted by Crippen LogP contribution is 2.32. The van der Waals surface area contributed by atoms with Crippen molar-refractivity contribution in [3.63, 3.8) is 0 Å². The summed E-state index contributed by atoms with van der Waals surface area (Å²) in [5, 5.41) is 6.55. The standard InChI is InChI=1S/C21H16F6N4O4/c1-10-14(17(31-35-10)12-2-3-15(29-7-12)20(22,23)24)9-33-16-6-11-4-5-28-18(13(11)8-30-16)34-19(32)21(25,26)27/h2-3,6-8,18,28H,4-5,9H2,1H3. The summed E-state index contributed by atoms with van der Waals surface area (Å²) in [5.74, 6) is -1.83. The van der Waals surface area contributed by atoms with E-state index >= 15 is 0 Å². The van der Waals surface area contributed by atoms with Crippen LogP contribution in [-0.4, -0.2) is 33.8 Å². The van der Waals surface area contributed by atoms with Crippen LogP contribution in [0, 0.1) is 6.92 Å². The molecule has 35 heavy (non-hydrogen) atoms. The summed E-state index contributed by atoms with van der Waals surface area (Å²) in [6.45, 7) is 1.74. The molecule has 186 valence electrons. The Bertz CT molecular complexity index is 1220. The van der Waals surface area contributed by atoms with Crippen molar-refractivity contribution >= 4 is 5.97 Å². The number of rotatable bonds is 5. The molecular formula is C21H16F6N4O4. The third kappa shape index (κ3) is 5.37. The number of aromatic nitrogens is 3. The lowest BCUT2D eigenvalue weighted by Gasteiger charge is -2.26. The fraction of sp³-hybridized carbons (Fsp3) is 0.333. The summed E-state index contributed by atoms with van der Waals surface area (Å²) in [6, 6.07) is 3.54. The molecule has 4 heterocycles. The molecule has 8 nitrogen and oxygen atoms in total. The molecule has 0 aromatic carbocycles. The van der Waals surface area contributed by atoms with Crippen LogP contribution in [0.3, 0.4) is 0 Å². The number of hydrogen-bond acceptors (Lipinski definition) is 8. The van der Waals surface area contributed by atoms with Gasteiger partial charge >= 0.3 is 18.3 Å². The molecule has 1 aliphatic rings. The highest BCUT2D eigenvalue weighted by molar-refractivity contribution is 5.76. The molecule has 4 rings (SSSR count). The zero-order valence-electron chi connectivity index (χ0n) is 17.8. The van der Waals surface area contributed by atoms with Crippen molar-refractivity contribution in [3.05, 3.63) is 58.7 Å². The maximum absolute atomic E-state index is 12.8. The van der Waals surface area contributed by atoms with Gasteiger partial charge in [-0.2, -0.15) is 26.3 Å². The number of fused-ring (bicyclic) bond motifs is 1. The van der Waals surface area contributed by atoms with Gasteiger partial charge in [-0.25, -0.2) is 9.78 Å². The van der Waals surface area contributed by atoms with E-state index in [2.05, 4.69) is 25.2 Å². The first kappa shape index (κ1) is 24.4. The van der Waals surface area contributed by atoms with Gasteiger partial charge in [-0.3, -0.25) is 10.3 Å². The van der Waals surface area contributed by atoms with Gasteiger partial charge < -0.3 is 14.0 Å². The maximum Gasteiger partial charge on any atom is 0.490 e. The first-order chi connectivity index (χ1) is 16.4. The van der Waals surface area contributed by atoms with Gasteiger partial charge in [-0.15, -0.1) is 0 Å². The van der Waals surface area contributed by atoms with Crippen molar-refractivity contribution in [2.45, 2.75) is 38.5 Å². The van der Waals surface area contributed by atoms with Gasteiger partial charge in [0.1, 0.15) is 23.8 Å². The average Bonchev–Trinajstić information content (AvgIpc) is 3.16. The molecule has 0 amide bonds. The molecule has 0 aliphatic carbocycles. The number of nitrogens with zero attached hydrogens (tertiary/aromatic N) is 3. The summed E-state index contributed by atoms with van der Waals surface area (Å²) in [4.78, 5) is 18.7. The Labute approximate surface area is 193 Å². The van der Waals surface area contributed by atoms with E-state index in [1.165, 1.54) is 18.3 Å². The van der Waals surface area contributed by atoms with E-state index in [1.807, 2.05) is 0 Å². The number of carbonyl (C=O) groups excluding carboxylic acids is 1. The van der Waals surface area contributed by atoms with E-state index in [0.29, 0.717) is 23.3 Å². The molecule has 1 N–H and O–H groups in total. The molecule has 3 aromatic heterocycles. The SMILES string of the molecule is Cc1onc(-c2ccc(C(F)(F)F)nc2)c1COc1cc2c(cn1)C(OC(=O)C(F)(F)F)NCC2. The zero-order chi connectivity index (χ0) is 25.4. The maximum atomic E-state index is 12.8. The van der Waals surface area contributed by atoms with Crippen LogP contribution in [0.15, 0.2) is 35.1 Å². The minimum Gasteiger partial charge on any atom is -0.473 e. The minimum absolute atomic E-state index is 0.109. The van der Waals surface area contributed by atoms with Crippen LogP contribution in [0.25, 0.3) is 11.3 Å². The molecular weight excluding hydrogens is 486 g/mol. The van der Waals surface area contributed by atoms with Crippen molar-refractivity contribution in [2.75, 3.05) is 6.54 Å². The fourth-order valence-corrected chi connectivity index (χ4v) is 3.38. The van der Waals surface area contributed by atoms with E-state index < -0.39 is 30.2 Å². The van der Waals surface area contributed by atoms with Crippen molar-refractivity contribution < 1.29 is 45.1 Å². The number of alkyl halides is 6. The van der Waals surface area contributed by atoms with Crippen LogP contribution in [-0.2, 0) is 28.7 Å². The van der Waals surface area contributed by atoms with Crippen molar-refractivity contribution in [1.82, 2.24) is 20.4 Å². The number of carbonyl (C=O) groups is 1. The second kappa shape index (κ2) is 9.17. The van der Waals surface area contributed by atoms with Gasteiger partial charge in [0.25, 0.3) is 0 Å². The Morgan fingerprint density at radius 1 is 1.17 bits per heavy atom. The number of hydrogen-bond donors (Lipinski definition) is 1. The van der Waals surface area contributed by atoms with E-state index in [4.69, 9.17) is 9.26 Å². The second-order valence-corrected chi connectivity index (χ2v) is 7.49. The van der Waals surface area contributed by atoms with E-state index in [9.17, 15) is 31.1 Å². The minimum atomic E-state index is -5.13. The molecule has 0 saturated carbocycles. The molecule has 1 unspecified atom stereocenters. The largest absolute Gasteiger partial charge is 0.490 e. The Kier molecular flexibility index (Phi) is 6.40. The lowest BCUT2D eigenvalue weighted by Crippen LogP contribution is -2.37. The van der Waals surface area contributed by atoms with Gasteiger partial charge in [-0.05, 0) is 31.0 Å². The monoisotopic (exact) mass is 502 g/mol. The summed E-state index contributed by atoms with van der Waals surface area (Å²) in [6.07, 6.45) is -8.34. The van der Waals surface area contributed by atoms with Gasteiger partial charge in [0.05, 0.1) is 5.56 Å². The zero-order valence-corrected chi connectivity index (χ0v) is 17.8. The molecule has 0 radical (unpaired) electrons. The summed E-state index contributed by atoms with van der Waals surface area (Å²) < 4.78 is 91.3. The Balaban J connectivity index is 1.49. The second-order valence-electron chi connectivity index (χ2n) is 7.49. The Morgan fingerprint density at radius 3 is 2.60 bits per heavy atom. The van der Waals surface area contributed by atoms with Crippen LogP contribution >= 0.6 is 0 Å². The van der Waals surface area contributed by atoms with Crippen molar-refractivity contribution in [3.8, 4) is 17.1 Å². The number of halogens is 6. The third-order valence-electron chi connectivity index (χ3n) is 5.14. The quantitative estimate of drug-likeness (QED) is 0.408. The van der Waals surface area contributed by atoms with Gasteiger partial charge in [0.15, 0.2) is 6.23 Å². The lowest BCUT2D eigenvalue weighted by molar-refractivity contribution is -0.207. The van der Waals surface area contributed by atoms with Crippen molar-refractivity contribution in [1.29, 1.82) is 0 Å². The van der Waals surface area contributed by atoms with E-state index in [-0.39, 0.29) is 35.9 Å². The van der Waals surface area contributed by atoms with Crippen LogP contribution < -0.4 is 10.1 Å². The fourth-order valence-electron chi connectivity index (χ4n) is 3.38. The molecule has 1 aliphatic heterocycles. The smallest absolute Gasteiger partial charge is 0.473 e. The first-order valence-electron chi connectivity index (χ1n) is 10.0. The number of pyridine rings is 2. The van der Waals surface area contributed by atoms with Crippen LogP contribution in [0.1, 0.15) is 34.4 Å². The molecule has 14 heteroatoms. The number of nitrogens with one attached hydrogen (secondary N) is 1. The van der Waals surface area contributed by atoms with Gasteiger partial charge in [-0.1, -0.05) is 5.16 Å². The summed E-state index contributed by atoms with van der Waals surface area (Å²) >= 11 is 0. The van der Waals surface area contributed by atoms with E-state index in [1.54, 1.807) is 6.92 Å². The Morgan fingerprint density at radius 2 is 1.94 bits per heavy atom. The molecule has 3 aromatic rings. The highest BCUT2D eigenvalue weighted by Gasteiger charge is 2.43. The first-order valence-corrected chi connectivity index (χ1v) is 10.0. The third-order valence-corrected chi connectivity index (χ3v) is 5.14. The average molecular weight is 502 g/mol. The highest BCUT2D eigenvalue weighted by atomic mass is 19.4. The number of ether oxygens (including phenoxy) is 2. The lowest BCUT2D eigenvalue weighted by atomic mass is 10.0. The summed E-state index contributed by atoms with van der Waals surface area (Å²) in [7, 11) is 0. The van der Waals surface area contributed by atoms with Crippen LogP contribution in [0.2, 0.25) is 0 Å². The molecule has 0 spiro atoms. The number of esters is 1. The van der Waals surface area contributed by atoms with Crippen LogP contribution in [0.5, 0.6) is 5.88 Å². The molecule has 0 fully saturated rings. The normalized spacial score (nSPS) is 16.0. The predicted molar refractivity (Wildman–Crippen MR) is 105 cm³/mol. The topological polar surface area (TPSA) is 99.4 Å².